The number of fused-ring (bicyclic) bond motifs is 5. The minimum Gasteiger partial charge on any atom is -0.465 e. The SMILES string of the molecule is CC(=O)OC[C@@]12[C@H](OC(C)=O)[C@H](O)[C@H]3OC(=O)[C@H](C)CCc4ncccc4C(=O)OC[C@@]4(C)O[C@@]1([C@@H](OC(C)=O)[C@H]4[C@H](OC(C)=O)[C@H]2OC(C)=O)[C@@]3(C)O. The Balaban J connectivity index is 1.94. The van der Waals surface area contributed by atoms with E-state index in [-0.39, 0.29) is 24.1 Å². The highest BCUT2D eigenvalue weighted by Crippen LogP contribution is 2.70. The van der Waals surface area contributed by atoms with Crippen molar-refractivity contribution < 1.29 is 81.7 Å². The van der Waals surface area contributed by atoms with Crippen molar-refractivity contribution in [2.45, 2.75) is 122 Å². The van der Waals surface area contributed by atoms with E-state index in [1.165, 1.54) is 32.2 Å². The fraction of sp³-hybridized carbons (Fsp3) is 0.667. The summed E-state index contributed by atoms with van der Waals surface area (Å²) in [5.41, 5.74) is -9.68. The van der Waals surface area contributed by atoms with Crippen LogP contribution in [0.2, 0.25) is 0 Å². The van der Waals surface area contributed by atoms with E-state index in [2.05, 4.69) is 4.98 Å². The number of aryl methyl sites for hydroxylation is 1. The number of pyridine rings is 1. The van der Waals surface area contributed by atoms with Gasteiger partial charge in [-0.1, -0.05) is 6.92 Å². The molecule has 3 fully saturated rings. The van der Waals surface area contributed by atoms with Crippen molar-refractivity contribution in [3.05, 3.63) is 29.6 Å². The van der Waals surface area contributed by atoms with Gasteiger partial charge in [0.05, 0.1) is 23.1 Å². The summed E-state index contributed by atoms with van der Waals surface area (Å²) in [6.07, 6.45) is -10.3. The second kappa shape index (κ2) is 14.5. The van der Waals surface area contributed by atoms with Gasteiger partial charge in [-0.2, -0.15) is 0 Å². The number of aliphatic hydroxyl groups is 2. The van der Waals surface area contributed by atoms with E-state index in [1.807, 2.05) is 0 Å². The number of carbonyl (C=O) groups is 7. The third-order valence-corrected chi connectivity index (χ3v) is 10.9. The van der Waals surface area contributed by atoms with Crippen molar-refractivity contribution >= 4 is 41.8 Å². The molecular formula is C36H45NO17. The molecule has 1 saturated heterocycles. The number of aromatic nitrogens is 1. The number of ether oxygens (including phenoxy) is 8. The van der Waals surface area contributed by atoms with E-state index in [0.29, 0.717) is 0 Å². The average molecular weight is 764 g/mol. The van der Waals surface area contributed by atoms with Gasteiger partial charge in [-0.05, 0) is 38.8 Å². The zero-order valence-electron chi connectivity index (χ0n) is 31.1. The van der Waals surface area contributed by atoms with Crippen LogP contribution in [0.1, 0.15) is 77.9 Å². The minimum absolute atomic E-state index is 0.0434. The van der Waals surface area contributed by atoms with E-state index >= 15 is 0 Å². The van der Waals surface area contributed by atoms with Gasteiger partial charge >= 0.3 is 41.8 Å². The molecule has 2 saturated carbocycles. The van der Waals surface area contributed by atoms with Gasteiger partial charge in [-0.15, -0.1) is 0 Å². The number of hydrogen-bond donors (Lipinski definition) is 2. The van der Waals surface area contributed by atoms with Crippen LogP contribution in [0.4, 0.5) is 0 Å². The number of carbonyl (C=O) groups excluding carboxylic acids is 7. The third kappa shape index (κ3) is 6.46. The quantitative estimate of drug-likeness (QED) is 0.292. The van der Waals surface area contributed by atoms with Crippen LogP contribution in [-0.4, -0.2) is 124 Å². The second-order valence-corrected chi connectivity index (χ2v) is 14.7. The molecule has 18 heteroatoms. The maximum absolute atomic E-state index is 13.9. The van der Waals surface area contributed by atoms with Crippen LogP contribution in [0.25, 0.3) is 0 Å². The maximum Gasteiger partial charge on any atom is 0.340 e. The van der Waals surface area contributed by atoms with E-state index < -0.39 is 126 Å². The van der Waals surface area contributed by atoms with Crippen molar-refractivity contribution in [1.29, 1.82) is 0 Å². The Bertz CT molecular complexity index is 1730. The van der Waals surface area contributed by atoms with Crippen molar-refractivity contribution in [3.8, 4) is 0 Å². The fourth-order valence-corrected chi connectivity index (χ4v) is 8.87. The largest absolute Gasteiger partial charge is 0.465 e. The molecule has 0 radical (unpaired) electrons. The van der Waals surface area contributed by atoms with Crippen LogP contribution in [-0.2, 0) is 73.1 Å². The maximum atomic E-state index is 13.9. The molecule has 296 valence electrons. The molecule has 0 unspecified atom stereocenters. The summed E-state index contributed by atoms with van der Waals surface area (Å²) in [6, 6.07) is 2.96. The van der Waals surface area contributed by atoms with Crippen molar-refractivity contribution in [1.82, 2.24) is 4.98 Å². The normalized spacial score (nSPS) is 38.6. The number of nitrogens with zero attached hydrogens (tertiary/aromatic N) is 1. The lowest BCUT2D eigenvalue weighted by molar-refractivity contribution is -0.386. The summed E-state index contributed by atoms with van der Waals surface area (Å²) in [4.78, 5) is 96.6. The zero-order chi connectivity index (χ0) is 40.1. The average Bonchev–Trinajstić information content (AvgIpc) is 3.29. The molecule has 1 spiro atoms. The van der Waals surface area contributed by atoms with E-state index in [1.54, 1.807) is 0 Å². The van der Waals surface area contributed by atoms with Gasteiger partial charge in [-0.25, -0.2) is 4.79 Å². The Kier molecular flexibility index (Phi) is 10.9. The lowest BCUT2D eigenvalue weighted by Gasteiger charge is -2.67. The fourth-order valence-electron chi connectivity index (χ4n) is 8.87. The summed E-state index contributed by atoms with van der Waals surface area (Å²) in [7, 11) is 0. The highest BCUT2D eigenvalue weighted by molar-refractivity contribution is 5.90. The molecule has 18 nitrogen and oxygen atoms in total. The summed E-state index contributed by atoms with van der Waals surface area (Å²) < 4.78 is 47.7. The monoisotopic (exact) mass is 763 g/mol. The van der Waals surface area contributed by atoms with Gasteiger partial charge in [0, 0.05) is 40.8 Å². The predicted molar refractivity (Wildman–Crippen MR) is 176 cm³/mol. The number of hydrogen-bond acceptors (Lipinski definition) is 18. The van der Waals surface area contributed by atoms with Gasteiger partial charge < -0.3 is 48.1 Å². The molecule has 0 aromatic carbocycles. The van der Waals surface area contributed by atoms with Crippen LogP contribution in [0.3, 0.4) is 0 Å². The molecule has 4 bridgehead atoms. The van der Waals surface area contributed by atoms with E-state index in [9.17, 15) is 43.8 Å². The summed E-state index contributed by atoms with van der Waals surface area (Å²) in [5.74, 6) is -9.27. The van der Waals surface area contributed by atoms with Gasteiger partial charge in [0.2, 0.25) is 0 Å². The first-order valence-corrected chi connectivity index (χ1v) is 17.4. The summed E-state index contributed by atoms with van der Waals surface area (Å²) >= 11 is 0. The van der Waals surface area contributed by atoms with Crippen molar-refractivity contribution in [2.75, 3.05) is 13.2 Å². The molecular weight excluding hydrogens is 718 g/mol. The first-order valence-electron chi connectivity index (χ1n) is 17.4. The van der Waals surface area contributed by atoms with Crippen LogP contribution in [0.5, 0.6) is 0 Å². The molecule has 12 atom stereocenters. The lowest BCUT2D eigenvalue weighted by Crippen LogP contribution is -2.89. The molecule has 1 aromatic heterocycles. The Morgan fingerprint density at radius 1 is 0.889 bits per heavy atom. The molecule has 3 heterocycles. The van der Waals surface area contributed by atoms with E-state index in [0.717, 1.165) is 41.5 Å². The third-order valence-electron chi connectivity index (χ3n) is 10.9. The van der Waals surface area contributed by atoms with Crippen molar-refractivity contribution in [2.24, 2.45) is 17.3 Å². The smallest absolute Gasteiger partial charge is 0.340 e. The van der Waals surface area contributed by atoms with E-state index in [4.69, 9.17) is 37.9 Å². The Morgan fingerprint density at radius 2 is 1.48 bits per heavy atom. The Hall–Kier alpha value is -4.68. The van der Waals surface area contributed by atoms with Gasteiger partial charge in [0.1, 0.15) is 54.2 Å². The Morgan fingerprint density at radius 3 is 2.07 bits per heavy atom. The van der Waals surface area contributed by atoms with Gasteiger partial charge in [0.15, 0.2) is 17.8 Å². The number of rotatable bonds is 6. The highest BCUT2D eigenvalue weighted by atomic mass is 16.7. The van der Waals surface area contributed by atoms with Crippen LogP contribution in [0.15, 0.2) is 18.3 Å². The summed E-state index contributed by atoms with van der Waals surface area (Å²) in [5, 5.41) is 25.4. The van der Waals surface area contributed by atoms with Crippen LogP contribution in [0, 0.1) is 17.3 Å². The second-order valence-electron chi connectivity index (χ2n) is 14.7. The molecule has 2 aliphatic carbocycles. The first kappa shape index (κ1) is 40.5. The molecule has 0 amide bonds. The topological polar surface area (TPSA) is 247 Å². The van der Waals surface area contributed by atoms with Crippen LogP contribution < -0.4 is 0 Å². The standard InChI is InChI=1S/C36H45NO17/c1-16-11-12-23-22(10-9-13-37-23)32(45)48-14-33(7)24-26(49-18(3)39)30(52-21(6)42)35(15-47-17(2)38)29(51-20(5)41)25(43)28(53-31(16)44)34(8,46)36(35,54-33)27(24)50-19(4)40/h9-10,13,16,24-30,43,46H,11-12,14-15H2,1-8H3/t16-,24-,25-,26+,27+,28-,29-,30-,33-,34+,35+,36+/m1/s1. The number of esters is 7. The first-order chi connectivity index (χ1) is 25.1. The minimum atomic E-state index is -2.76. The van der Waals surface area contributed by atoms with Gasteiger partial charge in [0.25, 0.3) is 0 Å². The summed E-state index contributed by atoms with van der Waals surface area (Å²) in [6.45, 7) is 7.26. The lowest BCUT2D eigenvalue weighted by atomic mass is 9.45. The molecule has 2 aliphatic heterocycles. The molecule has 1 aromatic rings. The number of aliphatic hydroxyl groups excluding tert-OH is 1. The van der Waals surface area contributed by atoms with Crippen molar-refractivity contribution in [3.63, 3.8) is 0 Å². The molecule has 5 rings (SSSR count). The predicted octanol–water partition coefficient (Wildman–Crippen LogP) is 0.292. The van der Waals surface area contributed by atoms with Crippen LogP contribution >= 0.6 is 0 Å². The number of cyclic esters (lactones) is 1. The van der Waals surface area contributed by atoms with Gasteiger partial charge in [-0.3, -0.25) is 33.8 Å². The molecule has 54 heavy (non-hydrogen) atoms. The zero-order valence-corrected chi connectivity index (χ0v) is 31.1. The highest BCUT2D eigenvalue weighted by Gasteiger charge is 2.91. The Labute approximate surface area is 310 Å². The molecule has 4 aliphatic rings. The molecule has 2 N–H and O–H groups in total.